The maximum absolute atomic E-state index is 12.7. The van der Waals surface area contributed by atoms with Crippen molar-refractivity contribution in [3.8, 4) is 22.4 Å². The lowest BCUT2D eigenvalue weighted by atomic mass is 9.96. The van der Waals surface area contributed by atoms with Gasteiger partial charge in [0, 0.05) is 22.9 Å². The molecule has 4 aromatic rings. The first kappa shape index (κ1) is 16.9. The van der Waals surface area contributed by atoms with E-state index >= 15 is 0 Å². The van der Waals surface area contributed by atoms with E-state index in [0.29, 0.717) is 11.1 Å². The Morgan fingerprint density at radius 3 is 2.11 bits per heavy atom. The molecule has 1 aromatic heterocycles. The lowest BCUT2D eigenvalue weighted by molar-refractivity contribution is 0.103. The summed E-state index contributed by atoms with van der Waals surface area (Å²) >= 11 is 0. The van der Waals surface area contributed by atoms with Crippen LogP contribution in [0.5, 0.6) is 0 Å². The maximum atomic E-state index is 12.7. The zero-order valence-corrected chi connectivity index (χ0v) is 15.1. The minimum atomic E-state index is 0.0361. The number of pyridine rings is 1. The standard InChI is InChI=1S/C25H19NO/c1-18-13-14-26-24(15-18)22-11-5-9-20(16-22)21-10-6-12-23(17-21)25(27)19-7-3-2-4-8-19/h2-17H,1H3. The Labute approximate surface area is 159 Å². The Bertz CT molecular complexity index is 1100. The molecule has 130 valence electrons. The summed E-state index contributed by atoms with van der Waals surface area (Å²) in [7, 11) is 0. The summed E-state index contributed by atoms with van der Waals surface area (Å²) in [6.07, 6.45) is 1.83. The van der Waals surface area contributed by atoms with Crippen molar-refractivity contribution in [1.29, 1.82) is 0 Å². The molecule has 0 amide bonds. The third-order valence-corrected chi connectivity index (χ3v) is 4.57. The molecule has 0 unspecified atom stereocenters. The Balaban J connectivity index is 1.70. The molecule has 2 heteroatoms. The number of aromatic nitrogens is 1. The van der Waals surface area contributed by atoms with E-state index < -0.39 is 0 Å². The van der Waals surface area contributed by atoms with Crippen LogP contribution in [0.4, 0.5) is 0 Å². The van der Waals surface area contributed by atoms with Crippen LogP contribution in [-0.2, 0) is 0 Å². The van der Waals surface area contributed by atoms with Gasteiger partial charge in [-0.1, -0.05) is 66.7 Å². The Morgan fingerprint density at radius 1 is 0.667 bits per heavy atom. The van der Waals surface area contributed by atoms with Crippen molar-refractivity contribution >= 4 is 5.78 Å². The summed E-state index contributed by atoms with van der Waals surface area (Å²) in [5.74, 6) is 0.0361. The summed E-state index contributed by atoms with van der Waals surface area (Å²) in [5.41, 5.74) is 6.68. The van der Waals surface area contributed by atoms with Gasteiger partial charge in [0.15, 0.2) is 5.78 Å². The minimum absolute atomic E-state index is 0.0361. The highest BCUT2D eigenvalue weighted by atomic mass is 16.1. The average molecular weight is 349 g/mol. The summed E-state index contributed by atoms with van der Waals surface area (Å²) in [6, 6.07) is 29.5. The van der Waals surface area contributed by atoms with Gasteiger partial charge in [0.2, 0.25) is 0 Å². The van der Waals surface area contributed by atoms with Gasteiger partial charge in [0.25, 0.3) is 0 Å². The van der Waals surface area contributed by atoms with Crippen molar-refractivity contribution in [3.63, 3.8) is 0 Å². The van der Waals surface area contributed by atoms with Gasteiger partial charge in [-0.15, -0.1) is 0 Å². The van der Waals surface area contributed by atoms with E-state index in [9.17, 15) is 4.79 Å². The van der Waals surface area contributed by atoms with Gasteiger partial charge in [-0.25, -0.2) is 0 Å². The summed E-state index contributed by atoms with van der Waals surface area (Å²) in [6.45, 7) is 2.06. The monoisotopic (exact) mass is 349 g/mol. The van der Waals surface area contributed by atoms with Crippen molar-refractivity contribution in [2.75, 3.05) is 0 Å². The molecule has 27 heavy (non-hydrogen) atoms. The molecule has 3 aromatic carbocycles. The molecule has 0 aliphatic rings. The molecular formula is C25H19NO. The first-order chi connectivity index (χ1) is 13.2. The van der Waals surface area contributed by atoms with E-state index in [1.54, 1.807) is 0 Å². The quantitative estimate of drug-likeness (QED) is 0.426. The normalized spacial score (nSPS) is 10.6. The lowest BCUT2D eigenvalue weighted by Gasteiger charge is -2.08. The minimum Gasteiger partial charge on any atom is -0.289 e. The summed E-state index contributed by atoms with van der Waals surface area (Å²) in [4.78, 5) is 17.2. The number of ketones is 1. The second-order valence-corrected chi connectivity index (χ2v) is 6.58. The molecule has 0 fully saturated rings. The number of rotatable bonds is 4. The molecule has 0 atom stereocenters. The first-order valence-electron chi connectivity index (χ1n) is 8.94. The highest BCUT2D eigenvalue weighted by Crippen LogP contribution is 2.27. The molecule has 4 rings (SSSR count). The zero-order chi connectivity index (χ0) is 18.6. The highest BCUT2D eigenvalue weighted by molar-refractivity contribution is 6.09. The van der Waals surface area contributed by atoms with Crippen LogP contribution in [0.2, 0.25) is 0 Å². The van der Waals surface area contributed by atoms with Gasteiger partial charge in [-0.2, -0.15) is 0 Å². The smallest absolute Gasteiger partial charge is 0.193 e. The third-order valence-electron chi connectivity index (χ3n) is 4.57. The molecule has 0 N–H and O–H groups in total. The van der Waals surface area contributed by atoms with Crippen LogP contribution in [0.1, 0.15) is 21.5 Å². The number of hydrogen-bond donors (Lipinski definition) is 0. The van der Waals surface area contributed by atoms with Crippen molar-refractivity contribution in [2.45, 2.75) is 6.92 Å². The number of carbonyl (C=O) groups excluding carboxylic acids is 1. The molecule has 0 radical (unpaired) electrons. The lowest BCUT2D eigenvalue weighted by Crippen LogP contribution is -2.00. The summed E-state index contributed by atoms with van der Waals surface area (Å²) < 4.78 is 0. The van der Waals surface area contributed by atoms with E-state index in [4.69, 9.17) is 0 Å². The number of nitrogens with zero attached hydrogens (tertiary/aromatic N) is 1. The Hall–Kier alpha value is -3.52. The SMILES string of the molecule is Cc1ccnc(-c2cccc(-c3cccc(C(=O)c4ccccc4)c3)c2)c1. The van der Waals surface area contributed by atoms with E-state index in [1.807, 2.05) is 72.9 Å². The van der Waals surface area contributed by atoms with E-state index in [2.05, 4.69) is 36.2 Å². The number of aryl methyl sites for hydroxylation is 1. The molecule has 0 aliphatic carbocycles. The van der Waals surface area contributed by atoms with Crippen LogP contribution in [0.25, 0.3) is 22.4 Å². The second kappa shape index (κ2) is 7.38. The van der Waals surface area contributed by atoms with Gasteiger partial charge in [-0.3, -0.25) is 9.78 Å². The van der Waals surface area contributed by atoms with Crippen LogP contribution in [0, 0.1) is 6.92 Å². The van der Waals surface area contributed by atoms with Crippen molar-refractivity contribution in [1.82, 2.24) is 4.98 Å². The Morgan fingerprint density at radius 2 is 1.33 bits per heavy atom. The first-order valence-corrected chi connectivity index (χ1v) is 8.94. The number of hydrogen-bond acceptors (Lipinski definition) is 2. The van der Waals surface area contributed by atoms with Crippen molar-refractivity contribution in [3.05, 3.63) is 114 Å². The Kier molecular flexibility index (Phi) is 4.63. The van der Waals surface area contributed by atoms with Gasteiger partial charge in [0.05, 0.1) is 5.69 Å². The second-order valence-electron chi connectivity index (χ2n) is 6.58. The third kappa shape index (κ3) is 3.70. The topological polar surface area (TPSA) is 30.0 Å². The summed E-state index contributed by atoms with van der Waals surface area (Å²) in [5, 5.41) is 0. The predicted molar refractivity (Wildman–Crippen MR) is 110 cm³/mol. The molecule has 0 aliphatic heterocycles. The molecule has 0 saturated carbocycles. The molecule has 0 saturated heterocycles. The number of benzene rings is 3. The molecule has 0 bridgehead atoms. The molecule has 1 heterocycles. The van der Waals surface area contributed by atoms with Crippen molar-refractivity contribution < 1.29 is 4.79 Å². The fourth-order valence-corrected chi connectivity index (χ4v) is 3.15. The predicted octanol–water partition coefficient (Wildman–Crippen LogP) is 5.96. The van der Waals surface area contributed by atoms with Gasteiger partial charge in [-0.05, 0) is 47.9 Å². The average Bonchev–Trinajstić information content (AvgIpc) is 2.74. The zero-order valence-electron chi connectivity index (χ0n) is 15.1. The molecule has 2 nitrogen and oxygen atoms in total. The van der Waals surface area contributed by atoms with E-state index in [-0.39, 0.29) is 5.78 Å². The van der Waals surface area contributed by atoms with Crippen molar-refractivity contribution in [2.24, 2.45) is 0 Å². The number of carbonyl (C=O) groups is 1. The highest BCUT2D eigenvalue weighted by Gasteiger charge is 2.10. The van der Waals surface area contributed by atoms with Gasteiger partial charge in [0.1, 0.15) is 0 Å². The van der Waals surface area contributed by atoms with Crippen LogP contribution >= 0.6 is 0 Å². The largest absolute Gasteiger partial charge is 0.289 e. The molecular weight excluding hydrogens is 330 g/mol. The molecule has 0 spiro atoms. The van der Waals surface area contributed by atoms with Crippen LogP contribution in [-0.4, -0.2) is 10.8 Å². The van der Waals surface area contributed by atoms with Gasteiger partial charge >= 0.3 is 0 Å². The van der Waals surface area contributed by atoms with Gasteiger partial charge < -0.3 is 0 Å². The van der Waals surface area contributed by atoms with E-state index in [1.165, 1.54) is 5.56 Å². The maximum Gasteiger partial charge on any atom is 0.193 e. The van der Waals surface area contributed by atoms with E-state index in [0.717, 1.165) is 22.4 Å². The van der Waals surface area contributed by atoms with Crippen LogP contribution in [0.15, 0.2) is 97.2 Å². The fourth-order valence-electron chi connectivity index (χ4n) is 3.15. The van der Waals surface area contributed by atoms with Crippen LogP contribution < -0.4 is 0 Å². The fraction of sp³-hybridized carbons (Fsp3) is 0.0400. The van der Waals surface area contributed by atoms with Crippen LogP contribution in [0.3, 0.4) is 0 Å².